The van der Waals surface area contributed by atoms with E-state index in [0.717, 1.165) is 30.2 Å². The highest BCUT2D eigenvalue weighted by Gasteiger charge is 2.33. The molecule has 0 spiro atoms. The summed E-state index contributed by atoms with van der Waals surface area (Å²) in [7, 11) is 0. The molecule has 0 fully saturated rings. The second-order valence-electron chi connectivity index (χ2n) is 5.98. The summed E-state index contributed by atoms with van der Waals surface area (Å²) < 4.78 is 39.2. The van der Waals surface area contributed by atoms with Crippen molar-refractivity contribution < 1.29 is 13.2 Å². The molecule has 7 heteroatoms. The Hall–Kier alpha value is -1.99. The molecule has 0 saturated heterocycles. The number of hydrogen-bond donors (Lipinski definition) is 2. The van der Waals surface area contributed by atoms with Gasteiger partial charge in [-0.05, 0) is 50.1 Å². The first-order valence-electron chi connectivity index (χ1n) is 8.27. The predicted octanol–water partition coefficient (Wildman–Crippen LogP) is 3.24. The third-order valence-electron chi connectivity index (χ3n) is 4.07. The Morgan fingerprint density at radius 2 is 1.80 bits per heavy atom. The van der Waals surface area contributed by atoms with E-state index in [1.807, 2.05) is 19.1 Å². The number of pyridine rings is 2. The van der Waals surface area contributed by atoms with Gasteiger partial charge < -0.3 is 11.1 Å². The molecular weight excluding hydrogens is 329 g/mol. The molecule has 4 nitrogen and oxygen atoms in total. The van der Waals surface area contributed by atoms with E-state index in [1.54, 1.807) is 6.20 Å². The van der Waals surface area contributed by atoms with Crippen molar-refractivity contribution in [1.82, 2.24) is 15.3 Å². The summed E-state index contributed by atoms with van der Waals surface area (Å²) in [4.78, 5) is 8.27. The highest BCUT2D eigenvalue weighted by Crippen LogP contribution is 2.30. The molecule has 1 atom stereocenters. The van der Waals surface area contributed by atoms with Crippen LogP contribution in [0.2, 0.25) is 0 Å². The van der Waals surface area contributed by atoms with Gasteiger partial charge in [-0.25, -0.2) is 0 Å². The summed E-state index contributed by atoms with van der Waals surface area (Å²) in [6.07, 6.45) is 0.891. The number of halogens is 3. The fraction of sp³-hybridized carbons (Fsp3) is 0.444. The lowest BCUT2D eigenvalue weighted by Crippen LogP contribution is -2.33. The molecule has 136 valence electrons. The van der Waals surface area contributed by atoms with Crippen LogP contribution in [0, 0.1) is 6.92 Å². The minimum atomic E-state index is -4.41. The van der Waals surface area contributed by atoms with Crippen LogP contribution in [0.3, 0.4) is 0 Å². The van der Waals surface area contributed by atoms with Crippen LogP contribution in [-0.4, -0.2) is 22.6 Å². The predicted molar refractivity (Wildman–Crippen MR) is 90.8 cm³/mol. The number of rotatable bonds is 8. The monoisotopic (exact) mass is 352 g/mol. The molecule has 0 radical (unpaired) electrons. The molecular formula is C18H23F3N4. The SMILES string of the molecule is Cc1cccnc1CC(CCCN)NCc1ncccc1C(F)(F)F. The zero-order valence-electron chi connectivity index (χ0n) is 14.2. The van der Waals surface area contributed by atoms with Gasteiger partial charge in [0.1, 0.15) is 0 Å². The van der Waals surface area contributed by atoms with E-state index >= 15 is 0 Å². The Bertz CT molecular complexity index is 673. The summed E-state index contributed by atoms with van der Waals surface area (Å²) >= 11 is 0. The van der Waals surface area contributed by atoms with E-state index in [0.29, 0.717) is 13.0 Å². The Morgan fingerprint density at radius 1 is 1.12 bits per heavy atom. The molecule has 0 aromatic carbocycles. The third kappa shape index (κ3) is 5.79. The number of nitrogens with zero attached hydrogens (tertiary/aromatic N) is 2. The first-order valence-corrected chi connectivity index (χ1v) is 8.27. The maximum Gasteiger partial charge on any atom is 0.418 e. The van der Waals surface area contributed by atoms with Crippen LogP contribution >= 0.6 is 0 Å². The lowest BCUT2D eigenvalue weighted by molar-refractivity contribution is -0.138. The van der Waals surface area contributed by atoms with Crippen molar-refractivity contribution in [1.29, 1.82) is 0 Å². The fourth-order valence-electron chi connectivity index (χ4n) is 2.68. The van der Waals surface area contributed by atoms with Gasteiger partial charge in [0, 0.05) is 37.1 Å². The summed E-state index contributed by atoms with van der Waals surface area (Å²) in [6, 6.07) is 6.19. The van der Waals surface area contributed by atoms with Gasteiger partial charge in [-0.3, -0.25) is 9.97 Å². The molecule has 2 rings (SSSR count). The largest absolute Gasteiger partial charge is 0.418 e. The number of hydrogen-bond acceptors (Lipinski definition) is 4. The molecule has 2 aromatic heterocycles. The molecule has 0 amide bonds. The second kappa shape index (κ2) is 8.92. The van der Waals surface area contributed by atoms with Gasteiger partial charge in [-0.15, -0.1) is 0 Å². The quantitative estimate of drug-likeness (QED) is 0.766. The van der Waals surface area contributed by atoms with Crippen molar-refractivity contribution in [2.75, 3.05) is 6.54 Å². The highest BCUT2D eigenvalue weighted by molar-refractivity contribution is 5.23. The van der Waals surface area contributed by atoms with Crippen molar-refractivity contribution >= 4 is 0 Å². The van der Waals surface area contributed by atoms with Crippen molar-refractivity contribution in [2.45, 2.75) is 44.9 Å². The topological polar surface area (TPSA) is 63.8 Å². The van der Waals surface area contributed by atoms with E-state index in [1.165, 1.54) is 12.3 Å². The Kier molecular flexibility index (Phi) is 6.90. The lowest BCUT2D eigenvalue weighted by atomic mass is 10.0. The maximum atomic E-state index is 13.1. The second-order valence-corrected chi connectivity index (χ2v) is 5.98. The molecule has 25 heavy (non-hydrogen) atoms. The molecule has 0 saturated carbocycles. The number of nitrogens with one attached hydrogen (secondary N) is 1. The van der Waals surface area contributed by atoms with Gasteiger partial charge in [0.15, 0.2) is 0 Å². The van der Waals surface area contributed by atoms with Crippen LogP contribution in [0.25, 0.3) is 0 Å². The normalized spacial score (nSPS) is 13.0. The number of aromatic nitrogens is 2. The van der Waals surface area contributed by atoms with Gasteiger partial charge in [0.05, 0.1) is 11.3 Å². The Balaban J connectivity index is 2.09. The summed E-state index contributed by atoms with van der Waals surface area (Å²) in [5.41, 5.74) is 6.89. The van der Waals surface area contributed by atoms with E-state index in [-0.39, 0.29) is 18.3 Å². The molecule has 3 N–H and O–H groups in total. The Labute approximate surface area is 145 Å². The summed E-state index contributed by atoms with van der Waals surface area (Å²) in [5, 5.41) is 3.20. The van der Waals surface area contributed by atoms with E-state index in [9.17, 15) is 13.2 Å². The standard InChI is InChI=1S/C18H23F3N4/c1-13-5-3-9-23-16(13)11-14(6-2-8-22)25-12-17-15(18(19,20)21)7-4-10-24-17/h3-5,7,9-10,14,25H,2,6,8,11-12,22H2,1H3. The van der Waals surface area contributed by atoms with Gasteiger partial charge in [0.2, 0.25) is 0 Å². The third-order valence-corrected chi connectivity index (χ3v) is 4.07. The molecule has 1 unspecified atom stereocenters. The average Bonchev–Trinajstić information content (AvgIpc) is 2.58. The summed E-state index contributed by atoms with van der Waals surface area (Å²) in [6.45, 7) is 2.57. The zero-order valence-corrected chi connectivity index (χ0v) is 14.2. The number of aryl methyl sites for hydroxylation is 1. The van der Waals surface area contributed by atoms with Gasteiger partial charge in [-0.2, -0.15) is 13.2 Å². The van der Waals surface area contributed by atoms with E-state index in [4.69, 9.17) is 5.73 Å². The van der Waals surface area contributed by atoms with Crippen molar-refractivity contribution in [2.24, 2.45) is 5.73 Å². The zero-order chi connectivity index (χ0) is 18.3. The minimum Gasteiger partial charge on any atom is -0.330 e. The smallest absolute Gasteiger partial charge is 0.330 e. The first kappa shape index (κ1) is 19.3. The first-order chi connectivity index (χ1) is 11.9. The molecule has 0 aliphatic carbocycles. The van der Waals surface area contributed by atoms with Crippen molar-refractivity contribution in [3.8, 4) is 0 Å². The van der Waals surface area contributed by atoms with Crippen molar-refractivity contribution in [3.63, 3.8) is 0 Å². The van der Waals surface area contributed by atoms with Crippen LogP contribution in [-0.2, 0) is 19.1 Å². The van der Waals surface area contributed by atoms with Crippen molar-refractivity contribution in [3.05, 3.63) is 59.2 Å². The minimum absolute atomic E-state index is 0.00508. The molecule has 0 bridgehead atoms. The summed E-state index contributed by atoms with van der Waals surface area (Å²) in [5.74, 6) is 0. The highest BCUT2D eigenvalue weighted by atomic mass is 19.4. The van der Waals surface area contributed by atoms with Crippen LogP contribution in [0.5, 0.6) is 0 Å². The maximum absolute atomic E-state index is 13.1. The van der Waals surface area contributed by atoms with Gasteiger partial charge >= 0.3 is 6.18 Å². The Morgan fingerprint density at radius 3 is 2.44 bits per heavy atom. The van der Waals surface area contributed by atoms with Crippen LogP contribution < -0.4 is 11.1 Å². The van der Waals surface area contributed by atoms with Crippen LogP contribution in [0.15, 0.2) is 36.7 Å². The van der Waals surface area contributed by atoms with Crippen LogP contribution in [0.1, 0.15) is 35.4 Å². The molecule has 0 aliphatic heterocycles. The number of alkyl halides is 3. The van der Waals surface area contributed by atoms with Crippen LogP contribution in [0.4, 0.5) is 13.2 Å². The molecule has 2 aromatic rings. The fourth-order valence-corrected chi connectivity index (χ4v) is 2.68. The number of nitrogens with two attached hydrogens (primary N) is 1. The molecule has 2 heterocycles. The van der Waals surface area contributed by atoms with E-state index < -0.39 is 11.7 Å². The lowest BCUT2D eigenvalue weighted by Gasteiger charge is -2.20. The van der Waals surface area contributed by atoms with Gasteiger partial charge in [0.25, 0.3) is 0 Å². The van der Waals surface area contributed by atoms with E-state index in [2.05, 4.69) is 15.3 Å². The molecule has 0 aliphatic rings. The average molecular weight is 352 g/mol. The van der Waals surface area contributed by atoms with Gasteiger partial charge in [-0.1, -0.05) is 6.07 Å².